The summed E-state index contributed by atoms with van der Waals surface area (Å²) in [6.45, 7) is 0.823. The number of aliphatic hydroxyl groups is 2. The first-order chi connectivity index (χ1) is 7.27. The highest BCUT2D eigenvalue weighted by Crippen LogP contribution is 2.10. The van der Waals surface area contributed by atoms with E-state index in [2.05, 4.69) is 0 Å². The predicted octanol–water partition coefficient (Wildman–Crippen LogP) is 2.16. The molecule has 0 aliphatic carbocycles. The van der Waals surface area contributed by atoms with Crippen LogP contribution in [0.25, 0.3) is 0 Å². The molecule has 0 aromatic rings. The minimum absolute atomic E-state index is 0.524. The first-order valence-electron chi connectivity index (χ1n) is 6.33. The smallest absolute Gasteiger partial charge is 0.151 e. The van der Waals surface area contributed by atoms with Gasteiger partial charge in [0.25, 0.3) is 0 Å². The van der Waals surface area contributed by atoms with Gasteiger partial charge in [-0.25, -0.2) is 0 Å². The lowest BCUT2D eigenvalue weighted by molar-refractivity contribution is -0.0466. The minimum atomic E-state index is -1.11. The first-order valence-corrected chi connectivity index (χ1v) is 6.33. The molecule has 92 valence electrons. The summed E-state index contributed by atoms with van der Waals surface area (Å²) >= 11 is 0. The van der Waals surface area contributed by atoms with E-state index in [1.165, 1.54) is 38.5 Å². The van der Waals surface area contributed by atoms with Gasteiger partial charge in [0.1, 0.15) is 0 Å². The molecule has 0 unspecified atom stereocenters. The van der Waals surface area contributed by atoms with E-state index in [4.69, 9.17) is 15.9 Å². The average molecular weight is 217 g/mol. The highest BCUT2D eigenvalue weighted by atomic mass is 16.5. The van der Waals surface area contributed by atoms with E-state index in [-0.39, 0.29) is 0 Å². The number of hydrogen-bond acceptors (Lipinski definition) is 3. The van der Waals surface area contributed by atoms with Gasteiger partial charge in [-0.05, 0) is 25.8 Å². The molecule has 0 aromatic heterocycles. The van der Waals surface area contributed by atoms with Gasteiger partial charge >= 0.3 is 0 Å². The van der Waals surface area contributed by atoms with Crippen molar-refractivity contribution in [2.24, 2.45) is 5.73 Å². The Morgan fingerprint density at radius 1 is 0.667 bits per heavy atom. The van der Waals surface area contributed by atoms with E-state index < -0.39 is 6.29 Å². The number of rotatable bonds is 11. The first kappa shape index (κ1) is 14.9. The van der Waals surface area contributed by atoms with Crippen molar-refractivity contribution in [2.45, 2.75) is 70.5 Å². The number of unbranched alkanes of at least 4 members (excludes halogenated alkanes) is 8. The Labute approximate surface area is 93.7 Å². The Hall–Kier alpha value is -0.120. The summed E-state index contributed by atoms with van der Waals surface area (Å²) in [5.41, 5.74) is 5.41. The lowest BCUT2D eigenvalue weighted by atomic mass is 10.1. The fraction of sp³-hybridized carbons (Fsp3) is 1.00. The molecule has 0 amide bonds. The summed E-state index contributed by atoms with van der Waals surface area (Å²) in [7, 11) is 0. The maximum atomic E-state index is 8.62. The van der Waals surface area contributed by atoms with Crippen LogP contribution in [0.2, 0.25) is 0 Å². The van der Waals surface area contributed by atoms with Crippen molar-refractivity contribution in [3.8, 4) is 0 Å². The molecule has 0 aliphatic rings. The third-order valence-electron chi connectivity index (χ3n) is 2.67. The van der Waals surface area contributed by atoms with Gasteiger partial charge in [0.15, 0.2) is 6.29 Å². The van der Waals surface area contributed by atoms with Crippen LogP contribution < -0.4 is 5.73 Å². The second-order valence-corrected chi connectivity index (χ2v) is 4.24. The van der Waals surface area contributed by atoms with Gasteiger partial charge in [-0.3, -0.25) is 0 Å². The van der Waals surface area contributed by atoms with Crippen molar-refractivity contribution in [3.05, 3.63) is 0 Å². The van der Waals surface area contributed by atoms with Crippen LogP contribution in [-0.2, 0) is 0 Å². The van der Waals surface area contributed by atoms with Crippen LogP contribution in [0.5, 0.6) is 0 Å². The molecule has 0 saturated carbocycles. The zero-order valence-corrected chi connectivity index (χ0v) is 9.83. The van der Waals surface area contributed by atoms with Crippen LogP contribution in [0.1, 0.15) is 64.2 Å². The number of aliphatic hydroxyl groups excluding tert-OH is 1. The third kappa shape index (κ3) is 13.9. The fourth-order valence-corrected chi connectivity index (χ4v) is 1.71. The fourth-order valence-electron chi connectivity index (χ4n) is 1.71. The number of hydrogen-bond donors (Lipinski definition) is 3. The van der Waals surface area contributed by atoms with Crippen LogP contribution >= 0.6 is 0 Å². The van der Waals surface area contributed by atoms with Crippen molar-refractivity contribution < 1.29 is 10.2 Å². The molecule has 3 nitrogen and oxygen atoms in total. The van der Waals surface area contributed by atoms with Crippen LogP contribution in [0.4, 0.5) is 0 Å². The Morgan fingerprint density at radius 2 is 1.07 bits per heavy atom. The highest BCUT2D eigenvalue weighted by molar-refractivity contribution is 4.48. The van der Waals surface area contributed by atoms with Crippen LogP contribution in [-0.4, -0.2) is 23.0 Å². The monoisotopic (exact) mass is 217 g/mol. The maximum Gasteiger partial charge on any atom is 0.151 e. The third-order valence-corrected chi connectivity index (χ3v) is 2.67. The summed E-state index contributed by atoms with van der Waals surface area (Å²) in [5, 5.41) is 17.2. The van der Waals surface area contributed by atoms with Gasteiger partial charge in [0.05, 0.1) is 0 Å². The summed E-state index contributed by atoms with van der Waals surface area (Å²) < 4.78 is 0. The highest BCUT2D eigenvalue weighted by Gasteiger charge is 1.96. The van der Waals surface area contributed by atoms with Gasteiger partial charge in [-0.15, -0.1) is 0 Å². The van der Waals surface area contributed by atoms with Gasteiger partial charge < -0.3 is 15.9 Å². The molecule has 15 heavy (non-hydrogen) atoms. The molecular weight excluding hydrogens is 190 g/mol. The summed E-state index contributed by atoms with van der Waals surface area (Å²) in [5.74, 6) is 0. The van der Waals surface area contributed by atoms with Crippen molar-refractivity contribution in [1.82, 2.24) is 0 Å². The zero-order chi connectivity index (χ0) is 11.4. The van der Waals surface area contributed by atoms with Crippen molar-refractivity contribution in [1.29, 1.82) is 0 Å². The van der Waals surface area contributed by atoms with Crippen molar-refractivity contribution in [2.75, 3.05) is 6.54 Å². The quantitative estimate of drug-likeness (QED) is 0.367. The van der Waals surface area contributed by atoms with Gasteiger partial charge in [0, 0.05) is 0 Å². The Bertz CT molecular complexity index is 118. The van der Waals surface area contributed by atoms with E-state index in [0.29, 0.717) is 6.42 Å². The maximum absolute atomic E-state index is 8.62. The lowest BCUT2D eigenvalue weighted by Crippen LogP contribution is -2.02. The lowest BCUT2D eigenvalue weighted by Gasteiger charge is -2.03. The summed E-state index contributed by atoms with van der Waals surface area (Å²) in [4.78, 5) is 0. The van der Waals surface area contributed by atoms with Crippen molar-refractivity contribution >= 4 is 0 Å². The zero-order valence-electron chi connectivity index (χ0n) is 9.83. The van der Waals surface area contributed by atoms with E-state index in [9.17, 15) is 0 Å². The Morgan fingerprint density at radius 3 is 1.47 bits per heavy atom. The molecule has 0 fully saturated rings. The van der Waals surface area contributed by atoms with E-state index in [0.717, 1.165) is 25.8 Å². The van der Waals surface area contributed by atoms with Gasteiger partial charge in [-0.1, -0.05) is 44.9 Å². The van der Waals surface area contributed by atoms with Crippen molar-refractivity contribution in [3.63, 3.8) is 0 Å². The SMILES string of the molecule is NCCCCCCCCCCCC(O)O. The summed E-state index contributed by atoms with van der Waals surface area (Å²) in [6, 6.07) is 0. The molecular formula is C12H27NO2. The van der Waals surface area contributed by atoms with E-state index in [1.807, 2.05) is 0 Å². The summed E-state index contributed by atoms with van der Waals surface area (Å²) in [6.07, 6.45) is 10.4. The molecule has 0 atom stereocenters. The molecule has 0 bridgehead atoms. The molecule has 0 aromatic carbocycles. The molecule has 0 aliphatic heterocycles. The molecule has 0 rings (SSSR count). The standard InChI is InChI=1S/C12H27NO2/c13-11-9-7-5-3-1-2-4-6-8-10-12(14)15/h12,14-15H,1-11,13H2. The molecule has 3 heteroatoms. The molecule has 0 spiro atoms. The normalized spacial score (nSPS) is 11.2. The van der Waals surface area contributed by atoms with E-state index >= 15 is 0 Å². The largest absolute Gasteiger partial charge is 0.368 e. The second-order valence-electron chi connectivity index (χ2n) is 4.24. The van der Waals surface area contributed by atoms with Crippen LogP contribution in [0.3, 0.4) is 0 Å². The second kappa shape index (κ2) is 12.0. The molecule has 0 radical (unpaired) electrons. The van der Waals surface area contributed by atoms with Crippen LogP contribution in [0.15, 0.2) is 0 Å². The molecule has 0 heterocycles. The Kier molecular flexibility index (Phi) is 11.9. The number of nitrogens with two attached hydrogens (primary N) is 1. The average Bonchev–Trinajstić information content (AvgIpc) is 2.20. The topological polar surface area (TPSA) is 66.5 Å². The minimum Gasteiger partial charge on any atom is -0.368 e. The van der Waals surface area contributed by atoms with Gasteiger partial charge in [0.2, 0.25) is 0 Å². The van der Waals surface area contributed by atoms with Gasteiger partial charge in [-0.2, -0.15) is 0 Å². The Balaban J connectivity index is 2.87. The predicted molar refractivity (Wildman–Crippen MR) is 63.5 cm³/mol. The molecule has 0 saturated heterocycles. The molecule has 4 N–H and O–H groups in total. The van der Waals surface area contributed by atoms with Crippen LogP contribution in [0, 0.1) is 0 Å². The van der Waals surface area contributed by atoms with E-state index in [1.54, 1.807) is 0 Å².